The molecule has 0 fully saturated rings. The van der Waals surface area contributed by atoms with Crippen LogP contribution in [0.4, 0.5) is 0 Å². The van der Waals surface area contributed by atoms with Gasteiger partial charge in [0.05, 0.1) is 11.3 Å². The fourth-order valence-corrected chi connectivity index (χ4v) is 1.77. The monoisotopic (exact) mass is 305 g/mol. The lowest BCUT2D eigenvalue weighted by Crippen LogP contribution is -2.00. The van der Waals surface area contributed by atoms with Gasteiger partial charge in [0.25, 0.3) is 0 Å². The molecule has 0 saturated heterocycles. The lowest BCUT2D eigenvalue weighted by atomic mass is 10.1. The molecule has 18 heavy (non-hydrogen) atoms. The highest BCUT2D eigenvalue weighted by Crippen LogP contribution is 2.19. The summed E-state index contributed by atoms with van der Waals surface area (Å²) in [5, 5.41) is 0. The smallest absolute Gasteiger partial charge is 0.153 e. The van der Waals surface area contributed by atoms with Gasteiger partial charge in [-0.05, 0) is 47.1 Å². The molecule has 0 aliphatic rings. The Labute approximate surface area is 114 Å². The minimum atomic E-state index is 0.344. The zero-order valence-corrected chi connectivity index (χ0v) is 11.5. The van der Waals surface area contributed by atoms with Crippen LogP contribution in [0.5, 0.6) is 5.75 Å². The molecule has 1 aromatic carbocycles. The summed E-state index contributed by atoms with van der Waals surface area (Å²) in [7, 11) is 0. The summed E-state index contributed by atoms with van der Waals surface area (Å²) in [5.41, 5.74) is 2.41. The van der Waals surface area contributed by atoms with Gasteiger partial charge in [0, 0.05) is 10.7 Å². The number of ether oxygens (including phenoxy) is 1. The second kappa shape index (κ2) is 5.78. The van der Waals surface area contributed by atoms with Crippen LogP contribution in [0, 0.1) is 6.92 Å². The summed E-state index contributed by atoms with van der Waals surface area (Å²) in [6.07, 6.45) is 2.52. The third-order valence-corrected chi connectivity index (χ3v) is 2.93. The number of aldehydes is 1. The molecular formula is C14H12BrNO2. The first-order valence-corrected chi connectivity index (χ1v) is 6.27. The summed E-state index contributed by atoms with van der Waals surface area (Å²) in [6, 6.07) is 9.30. The number of nitrogens with zero attached hydrogens (tertiary/aromatic N) is 1. The Kier molecular flexibility index (Phi) is 4.10. The molecule has 1 heterocycles. The maximum Gasteiger partial charge on any atom is 0.153 e. The van der Waals surface area contributed by atoms with Gasteiger partial charge in [-0.1, -0.05) is 11.6 Å². The van der Waals surface area contributed by atoms with Gasteiger partial charge in [-0.2, -0.15) is 0 Å². The molecule has 1 aromatic heterocycles. The highest BCUT2D eigenvalue weighted by atomic mass is 79.9. The van der Waals surface area contributed by atoms with E-state index >= 15 is 0 Å². The number of benzene rings is 1. The minimum Gasteiger partial charge on any atom is -0.487 e. The number of carbonyl (C=O) groups is 1. The van der Waals surface area contributed by atoms with Crippen LogP contribution in [-0.4, -0.2) is 11.3 Å². The molecule has 0 aliphatic heterocycles. The van der Waals surface area contributed by atoms with Crippen molar-refractivity contribution < 1.29 is 9.53 Å². The SMILES string of the molecule is Cc1ccc(OCc2ccc(Br)cn2)c(C=O)c1. The first kappa shape index (κ1) is 12.8. The van der Waals surface area contributed by atoms with Crippen LogP contribution in [0.3, 0.4) is 0 Å². The van der Waals surface area contributed by atoms with Gasteiger partial charge < -0.3 is 4.74 Å². The van der Waals surface area contributed by atoms with Crippen LogP contribution >= 0.6 is 15.9 Å². The summed E-state index contributed by atoms with van der Waals surface area (Å²) in [4.78, 5) is 15.1. The number of carbonyl (C=O) groups excluding carboxylic acids is 1. The van der Waals surface area contributed by atoms with Crippen molar-refractivity contribution in [1.29, 1.82) is 0 Å². The van der Waals surface area contributed by atoms with Crippen molar-refractivity contribution in [2.45, 2.75) is 13.5 Å². The van der Waals surface area contributed by atoms with Gasteiger partial charge in [-0.3, -0.25) is 9.78 Å². The van der Waals surface area contributed by atoms with Crippen LogP contribution in [0.25, 0.3) is 0 Å². The van der Waals surface area contributed by atoms with Crippen LogP contribution in [0.1, 0.15) is 21.6 Å². The second-order valence-corrected chi connectivity index (χ2v) is 4.83. The minimum absolute atomic E-state index is 0.344. The van der Waals surface area contributed by atoms with Crippen molar-refractivity contribution in [2.24, 2.45) is 0 Å². The van der Waals surface area contributed by atoms with Crippen LogP contribution < -0.4 is 4.74 Å². The number of rotatable bonds is 4. The third-order valence-electron chi connectivity index (χ3n) is 2.46. The number of hydrogen-bond acceptors (Lipinski definition) is 3. The first-order valence-electron chi connectivity index (χ1n) is 5.48. The topological polar surface area (TPSA) is 39.2 Å². The van der Waals surface area contributed by atoms with Crippen molar-refractivity contribution in [2.75, 3.05) is 0 Å². The van der Waals surface area contributed by atoms with Gasteiger partial charge in [0.15, 0.2) is 6.29 Å². The normalized spacial score (nSPS) is 10.1. The molecule has 2 aromatic rings. The van der Waals surface area contributed by atoms with Crippen LogP contribution in [-0.2, 0) is 6.61 Å². The molecule has 0 amide bonds. The Morgan fingerprint density at radius 1 is 1.33 bits per heavy atom. The van der Waals surface area contributed by atoms with E-state index in [0.29, 0.717) is 17.9 Å². The molecule has 3 nitrogen and oxygen atoms in total. The van der Waals surface area contributed by atoms with E-state index in [2.05, 4.69) is 20.9 Å². The lowest BCUT2D eigenvalue weighted by molar-refractivity contribution is 0.111. The number of aryl methyl sites for hydroxylation is 1. The molecule has 4 heteroatoms. The van der Waals surface area contributed by atoms with Gasteiger partial charge in [-0.15, -0.1) is 0 Å². The van der Waals surface area contributed by atoms with Gasteiger partial charge in [0.1, 0.15) is 12.4 Å². The highest BCUT2D eigenvalue weighted by molar-refractivity contribution is 9.10. The molecule has 0 radical (unpaired) electrons. The zero-order valence-electron chi connectivity index (χ0n) is 9.89. The predicted molar refractivity (Wildman–Crippen MR) is 72.8 cm³/mol. The van der Waals surface area contributed by atoms with Crippen LogP contribution in [0.15, 0.2) is 41.0 Å². The third kappa shape index (κ3) is 3.17. The fraction of sp³-hybridized carbons (Fsp3) is 0.143. The Bertz CT molecular complexity index is 552. The predicted octanol–water partition coefficient (Wildman–Crippen LogP) is 3.54. The average Bonchev–Trinajstić information content (AvgIpc) is 2.39. The summed E-state index contributed by atoms with van der Waals surface area (Å²) in [6.45, 7) is 2.28. The molecule has 92 valence electrons. The van der Waals surface area contributed by atoms with E-state index in [9.17, 15) is 4.79 Å². The molecule has 0 aliphatic carbocycles. The Hall–Kier alpha value is -1.68. The second-order valence-electron chi connectivity index (χ2n) is 3.92. The molecule has 0 unspecified atom stereocenters. The van der Waals surface area contributed by atoms with Crippen molar-refractivity contribution in [3.8, 4) is 5.75 Å². The van der Waals surface area contributed by atoms with Gasteiger partial charge in [-0.25, -0.2) is 0 Å². The Morgan fingerprint density at radius 3 is 2.83 bits per heavy atom. The number of halogens is 1. The van der Waals surface area contributed by atoms with Gasteiger partial charge in [0.2, 0.25) is 0 Å². The van der Waals surface area contributed by atoms with E-state index < -0.39 is 0 Å². The average molecular weight is 306 g/mol. The van der Waals surface area contributed by atoms with Crippen LogP contribution in [0.2, 0.25) is 0 Å². The maximum absolute atomic E-state index is 10.9. The van der Waals surface area contributed by atoms with E-state index in [-0.39, 0.29) is 0 Å². The number of hydrogen-bond donors (Lipinski definition) is 0. The maximum atomic E-state index is 10.9. The van der Waals surface area contributed by atoms with E-state index in [1.807, 2.05) is 25.1 Å². The fourth-order valence-electron chi connectivity index (χ4n) is 1.53. The lowest BCUT2D eigenvalue weighted by Gasteiger charge is -2.08. The molecule has 2 rings (SSSR count). The van der Waals surface area contributed by atoms with Crippen molar-refractivity contribution >= 4 is 22.2 Å². The van der Waals surface area contributed by atoms with Crippen molar-refractivity contribution in [1.82, 2.24) is 4.98 Å². The van der Waals surface area contributed by atoms with E-state index in [0.717, 1.165) is 22.0 Å². The zero-order chi connectivity index (χ0) is 13.0. The summed E-state index contributed by atoms with van der Waals surface area (Å²) in [5.74, 6) is 0.584. The quantitative estimate of drug-likeness (QED) is 0.811. The van der Waals surface area contributed by atoms with E-state index in [4.69, 9.17) is 4.74 Å². The molecule has 0 atom stereocenters. The first-order chi connectivity index (χ1) is 8.69. The molecule has 0 saturated carbocycles. The van der Waals surface area contributed by atoms with E-state index in [1.165, 1.54) is 0 Å². The number of aromatic nitrogens is 1. The summed E-state index contributed by atoms with van der Waals surface area (Å²) < 4.78 is 6.53. The Morgan fingerprint density at radius 2 is 2.17 bits per heavy atom. The molecule has 0 spiro atoms. The standard InChI is InChI=1S/C14H12BrNO2/c1-10-2-5-14(11(6-10)8-17)18-9-13-4-3-12(15)7-16-13/h2-8H,9H2,1H3. The number of pyridine rings is 1. The van der Waals surface area contributed by atoms with Crippen molar-refractivity contribution in [3.05, 3.63) is 57.8 Å². The molecule has 0 N–H and O–H groups in total. The van der Waals surface area contributed by atoms with Crippen molar-refractivity contribution in [3.63, 3.8) is 0 Å². The van der Waals surface area contributed by atoms with E-state index in [1.54, 1.807) is 18.3 Å². The molecular weight excluding hydrogens is 294 g/mol. The largest absolute Gasteiger partial charge is 0.487 e. The Balaban J connectivity index is 2.10. The molecule has 0 bridgehead atoms. The van der Waals surface area contributed by atoms with Gasteiger partial charge >= 0.3 is 0 Å². The highest BCUT2D eigenvalue weighted by Gasteiger charge is 2.04. The summed E-state index contributed by atoms with van der Waals surface area (Å²) >= 11 is 3.32.